The van der Waals surface area contributed by atoms with Gasteiger partial charge in [0.15, 0.2) is 0 Å². The highest BCUT2D eigenvalue weighted by molar-refractivity contribution is 14.1. The lowest BCUT2D eigenvalue weighted by Crippen LogP contribution is -1.90. The van der Waals surface area contributed by atoms with Gasteiger partial charge in [-0.25, -0.2) is 4.39 Å². The molecular weight excluding hydrogens is 370 g/mol. The van der Waals surface area contributed by atoms with Crippen molar-refractivity contribution in [3.8, 4) is 22.4 Å². The maximum atomic E-state index is 13.4. The first-order valence-electron chi connectivity index (χ1n) is 5.93. The molecule has 0 radical (unpaired) electrons. The van der Waals surface area contributed by atoms with E-state index in [4.69, 9.17) is 10.3 Å². The number of nitrogens with zero attached hydrogens (tertiary/aromatic N) is 1. The van der Waals surface area contributed by atoms with Crippen LogP contribution in [-0.2, 0) is 0 Å². The average Bonchev–Trinajstić information content (AvgIpc) is 2.81. The fraction of sp³-hybridized carbons (Fsp3) is 0. The van der Waals surface area contributed by atoms with Gasteiger partial charge in [0.1, 0.15) is 11.5 Å². The Bertz CT molecular complexity index is 770. The molecule has 0 saturated heterocycles. The summed E-state index contributed by atoms with van der Waals surface area (Å²) in [4.78, 5) is 0. The Kier molecular flexibility index (Phi) is 3.43. The zero-order valence-electron chi connectivity index (χ0n) is 10.3. The molecule has 20 heavy (non-hydrogen) atoms. The topological polar surface area (TPSA) is 52.0 Å². The lowest BCUT2D eigenvalue weighted by molar-refractivity contribution is 0.439. The van der Waals surface area contributed by atoms with E-state index in [2.05, 4.69) is 27.7 Å². The first-order valence-corrected chi connectivity index (χ1v) is 7.00. The summed E-state index contributed by atoms with van der Waals surface area (Å²) >= 11 is 2.22. The van der Waals surface area contributed by atoms with Gasteiger partial charge < -0.3 is 10.3 Å². The third-order valence-electron chi connectivity index (χ3n) is 2.96. The van der Waals surface area contributed by atoms with Gasteiger partial charge in [-0.15, -0.1) is 0 Å². The van der Waals surface area contributed by atoms with Crippen LogP contribution in [0.2, 0.25) is 0 Å². The standard InChI is InChI=1S/C15H10FIN2O/c16-10-5-3-4-9(8-10)13-14(19-20-15(13)18)11-6-1-2-7-12(11)17/h1-8H,18H2. The zero-order valence-corrected chi connectivity index (χ0v) is 12.5. The number of nitrogen functional groups attached to an aromatic ring is 1. The third-order valence-corrected chi connectivity index (χ3v) is 3.90. The third kappa shape index (κ3) is 2.29. The Labute approximate surface area is 128 Å². The second kappa shape index (κ2) is 5.24. The fourth-order valence-corrected chi connectivity index (χ4v) is 2.71. The molecular formula is C15H10FIN2O. The SMILES string of the molecule is Nc1onc(-c2ccccc2I)c1-c1cccc(F)c1. The monoisotopic (exact) mass is 380 g/mol. The van der Waals surface area contributed by atoms with E-state index in [1.54, 1.807) is 12.1 Å². The molecule has 0 amide bonds. The molecule has 3 aromatic rings. The molecule has 2 N–H and O–H groups in total. The van der Waals surface area contributed by atoms with E-state index in [1.807, 2.05) is 24.3 Å². The van der Waals surface area contributed by atoms with Crippen LogP contribution in [0.4, 0.5) is 10.3 Å². The predicted octanol–water partition coefficient (Wildman–Crippen LogP) is 4.33. The highest BCUT2D eigenvalue weighted by Gasteiger charge is 2.19. The highest BCUT2D eigenvalue weighted by Crippen LogP contribution is 2.37. The maximum absolute atomic E-state index is 13.4. The molecule has 1 aromatic heterocycles. The number of rotatable bonds is 2. The van der Waals surface area contributed by atoms with Gasteiger partial charge in [0.05, 0.1) is 5.56 Å². The quantitative estimate of drug-likeness (QED) is 0.674. The van der Waals surface area contributed by atoms with Crippen LogP contribution in [0.15, 0.2) is 53.1 Å². The van der Waals surface area contributed by atoms with E-state index in [0.717, 1.165) is 9.13 Å². The van der Waals surface area contributed by atoms with Crippen molar-refractivity contribution < 1.29 is 8.91 Å². The summed E-state index contributed by atoms with van der Waals surface area (Å²) in [5.41, 5.74) is 8.66. The Morgan fingerprint density at radius 3 is 2.65 bits per heavy atom. The van der Waals surface area contributed by atoms with Crippen molar-refractivity contribution >= 4 is 28.5 Å². The molecule has 3 rings (SSSR count). The summed E-state index contributed by atoms with van der Waals surface area (Å²) in [7, 11) is 0. The van der Waals surface area contributed by atoms with Crippen molar-refractivity contribution in [2.75, 3.05) is 5.73 Å². The first-order chi connectivity index (χ1) is 9.66. The van der Waals surface area contributed by atoms with Crippen LogP contribution in [0.3, 0.4) is 0 Å². The number of benzene rings is 2. The Hall–Kier alpha value is -1.89. The summed E-state index contributed by atoms with van der Waals surface area (Å²) in [5.74, 6) is -0.137. The average molecular weight is 380 g/mol. The summed E-state index contributed by atoms with van der Waals surface area (Å²) in [6.07, 6.45) is 0. The van der Waals surface area contributed by atoms with Crippen molar-refractivity contribution in [1.29, 1.82) is 0 Å². The predicted molar refractivity (Wildman–Crippen MR) is 84.5 cm³/mol. The molecule has 1 heterocycles. The number of hydrogen-bond acceptors (Lipinski definition) is 3. The van der Waals surface area contributed by atoms with Crippen LogP contribution in [0, 0.1) is 9.39 Å². The second-order valence-corrected chi connectivity index (χ2v) is 5.42. The minimum Gasteiger partial charge on any atom is -0.367 e. The van der Waals surface area contributed by atoms with Gasteiger partial charge in [0.25, 0.3) is 0 Å². The molecule has 0 aliphatic carbocycles. The summed E-state index contributed by atoms with van der Waals surface area (Å²) in [6.45, 7) is 0. The van der Waals surface area contributed by atoms with Crippen LogP contribution < -0.4 is 5.73 Å². The molecule has 3 nitrogen and oxygen atoms in total. The fourth-order valence-electron chi connectivity index (χ4n) is 2.06. The largest absolute Gasteiger partial charge is 0.367 e. The number of hydrogen-bond donors (Lipinski definition) is 1. The molecule has 0 spiro atoms. The Balaban J connectivity index is 2.23. The molecule has 2 aromatic carbocycles. The molecule has 5 heteroatoms. The number of aromatic nitrogens is 1. The van der Waals surface area contributed by atoms with Gasteiger partial charge in [-0.3, -0.25) is 0 Å². The van der Waals surface area contributed by atoms with Crippen LogP contribution in [-0.4, -0.2) is 5.16 Å². The second-order valence-electron chi connectivity index (χ2n) is 4.26. The van der Waals surface area contributed by atoms with Crippen molar-refractivity contribution in [3.63, 3.8) is 0 Å². The number of halogens is 2. The van der Waals surface area contributed by atoms with Crippen LogP contribution in [0.5, 0.6) is 0 Å². The molecule has 0 saturated carbocycles. The van der Waals surface area contributed by atoms with Crippen molar-refractivity contribution in [2.45, 2.75) is 0 Å². The molecule has 0 fully saturated rings. The Morgan fingerprint density at radius 2 is 1.90 bits per heavy atom. The molecule has 100 valence electrons. The molecule has 0 atom stereocenters. The van der Waals surface area contributed by atoms with Gasteiger partial charge in [0.2, 0.25) is 5.88 Å². The van der Waals surface area contributed by atoms with Crippen molar-refractivity contribution in [3.05, 3.63) is 57.9 Å². The lowest BCUT2D eigenvalue weighted by Gasteiger charge is -2.04. The van der Waals surface area contributed by atoms with Gasteiger partial charge in [-0.05, 0) is 46.4 Å². The van der Waals surface area contributed by atoms with Crippen molar-refractivity contribution in [1.82, 2.24) is 5.16 Å². The smallest absolute Gasteiger partial charge is 0.230 e. The van der Waals surface area contributed by atoms with Gasteiger partial charge in [-0.1, -0.05) is 35.5 Å². The van der Waals surface area contributed by atoms with Gasteiger partial charge in [-0.2, -0.15) is 0 Å². The Morgan fingerprint density at radius 1 is 1.10 bits per heavy atom. The molecule has 0 aliphatic heterocycles. The summed E-state index contributed by atoms with van der Waals surface area (Å²) in [6, 6.07) is 14.0. The van der Waals surface area contributed by atoms with Gasteiger partial charge >= 0.3 is 0 Å². The zero-order chi connectivity index (χ0) is 14.1. The number of anilines is 1. The number of nitrogens with two attached hydrogens (primary N) is 1. The summed E-state index contributed by atoms with van der Waals surface area (Å²) in [5, 5.41) is 4.03. The minimum atomic E-state index is -0.322. The van der Waals surface area contributed by atoms with Gasteiger partial charge in [0, 0.05) is 9.13 Å². The van der Waals surface area contributed by atoms with E-state index in [1.165, 1.54) is 12.1 Å². The minimum absolute atomic E-state index is 0.185. The van der Waals surface area contributed by atoms with Crippen LogP contribution in [0.1, 0.15) is 0 Å². The van der Waals surface area contributed by atoms with E-state index in [-0.39, 0.29) is 11.7 Å². The molecule has 0 unspecified atom stereocenters. The lowest BCUT2D eigenvalue weighted by atomic mass is 10.0. The van der Waals surface area contributed by atoms with Crippen LogP contribution >= 0.6 is 22.6 Å². The first kappa shape index (κ1) is 13.1. The van der Waals surface area contributed by atoms with E-state index < -0.39 is 0 Å². The molecule has 0 aliphatic rings. The van der Waals surface area contributed by atoms with Crippen molar-refractivity contribution in [2.24, 2.45) is 0 Å². The maximum Gasteiger partial charge on any atom is 0.230 e. The highest BCUT2D eigenvalue weighted by atomic mass is 127. The van der Waals surface area contributed by atoms with Crippen LogP contribution in [0.25, 0.3) is 22.4 Å². The van der Waals surface area contributed by atoms with E-state index in [9.17, 15) is 4.39 Å². The van der Waals surface area contributed by atoms with E-state index >= 15 is 0 Å². The molecule has 0 bridgehead atoms. The summed E-state index contributed by atoms with van der Waals surface area (Å²) < 4.78 is 19.5. The van der Waals surface area contributed by atoms with E-state index in [0.29, 0.717) is 16.8 Å². The normalized spacial score (nSPS) is 10.7.